The minimum Gasteiger partial charge on any atom is -0.465 e. The highest BCUT2D eigenvalue weighted by atomic mass is 79.9. The zero-order chi connectivity index (χ0) is 10.2. The van der Waals surface area contributed by atoms with Gasteiger partial charge in [0.05, 0.1) is 10.7 Å². The first-order chi connectivity index (χ1) is 6.62. The number of halogens is 1. The van der Waals surface area contributed by atoms with Gasteiger partial charge in [-0.3, -0.25) is 0 Å². The summed E-state index contributed by atoms with van der Waals surface area (Å²) in [6.45, 7) is 2.18. The van der Waals surface area contributed by atoms with E-state index in [0.717, 1.165) is 23.7 Å². The maximum absolute atomic E-state index is 10.5. The number of hydrogen-bond acceptors (Lipinski definition) is 2. The van der Waals surface area contributed by atoms with Gasteiger partial charge in [0.25, 0.3) is 0 Å². The Bertz CT molecular complexity index is 321. The summed E-state index contributed by atoms with van der Waals surface area (Å²) in [7, 11) is 0. The quantitative estimate of drug-likeness (QED) is 0.838. The molecule has 1 aliphatic rings. The molecule has 1 aliphatic carbocycles. The van der Waals surface area contributed by atoms with E-state index in [4.69, 9.17) is 4.42 Å². The standard InChI is InChI=1S/C11H15BrO2/c1-8-3-2-5-11(13,7-8)10-9(12)4-6-14-10/h4,6,8,13H,2-3,5,7H2,1H3. The predicted molar refractivity (Wildman–Crippen MR) is 57.9 cm³/mol. The molecule has 0 radical (unpaired) electrons. The summed E-state index contributed by atoms with van der Waals surface area (Å²) >= 11 is 3.40. The molecule has 3 heteroatoms. The minimum absolute atomic E-state index is 0.575. The Morgan fingerprint density at radius 1 is 1.64 bits per heavy atom. The summed E-state index contributed by atoms with van der Waals surface area (Å²) in [5, 5.41) is 10.5. The van der Waals surface area contributed by atoms with E-state index in [2.05, 4.69) is 22.9 Å². The molecular formula is C11H15BrO2. The smallest absolute Gasteiger partial charge is 0.149 e. The molecule has 2 rings (SSSR count). The third-order valence-corrected chi connectivity index (χ3v) is 3.64. The van der Waals surface area contributed by atoms with Crippen LogP contribution in [0.1, 0.15) is 38.4 Å². The van der Waals surface area contributed by atoms with Crippen molar-refractivity contribution in [3.05, 3.63) is 22.6 Å². The van der Waals surface area contributed by atoms with E-state index >= 15 is 0 Å². The molecular weight excluding hydrogens is 244 g/mol. The van der Waals surface area contributed by atoms with Crippen LogP contribution < -0.4 is 0 Å². The van der Waals surface area contributed by atoms with E-state index < -0.39 is 5.60 Å². The maximum Gasteiger partial charge on any atom is 0.149 e. The molecule has 2 unspecified atom stereocenters. The van der Waals surface area contributed by atoms with Crippen LogP contribution in [0.5, 0.6) is 0 Å². The van der Waals surface area contributed by atoms with Crippen LogP contribution in [0.4, 0.5) is 0 Å². The fourth-order valence-corrected chi connectivity index (χ4v) is 2.93. The summed E-state index contributed by atoms with van der Waals surface area (Å²) < 4.78 is 6.24. The van der Waals surface area contributed by atoms with Gasteiger partial charge in [-0.05, 0) is 47.2 Å². The molecule has 0 amide bonds. The Kier molecular flexibility index (Phi) is 2.71. The van der Waals surface area contributed by atoms with Crippen LogP contribution >= 0.6 is 15.9 Å². The predicted octanol–water partition coefficient (Wildman–Crippen LogP) is 3.44. The minimum atomic E-state index is -0.750. The number of rotatable bonds is 1. The third-order valence-electron chi connectivity index (χ3n) is 3.01. The number of aliphatic hydroxyl groups is 1. The summed E-state index contributed by atoms with van der Waals surface area (Å²) in [5.41, 5.74) is -0.750. The van der Waals surface area contributed by atoms with Crippen molar-refractivity contribution < 1.29 is 9.52 Å². The van der Waals surface area contributed by atoms with Gasteiger partial charge in [-0.25, -0.2) is 0 Å². The molecule has 1 heterocycles. The Hall–Kier alpha value is -0.280. The molecule has 0 spiro atoms. The van der Waals surface area contributed by atoms with Crippen LogP contribution in [-0.2, 0) is 5.60 Å². The first-order valence-corrected chi connectivity index (χ1v) is 5.87. The van der Waals surface area contributed by atoms with Crippen LogP contribution in [0.25, 0.3) is 0 Å². The van der Waals surface area contributed by atoms with Crippen molar-refractivity contribution in [1.29, 1.82) is 0 Å². The van der Waals surface area contributed by atoms with E-state index in [1.807, 2.05) is 6.07 Å². The second kappa shape index (κ2) is 3.70. The molecule has 1 aromatic rings. The average molecular weight is 259 g/mol. The lowest BCUT2D eigenvalue weighted by molar-refractivity contribution is -0.0363. The van der Waals surface area contributed by atoms with Gasteiger partial charge in [0.2, 0.25) is 0 Å². The summed E-state index contributed by atoms with van der Waals surface area (Å²) in [4.78, 5) is 0. The van der Waals surface area contributed by atoms with Crippen LogP contribution in [-0.4, -0.2) is 5.11 Å². The van der Waals surface area contributed by atoms with E-state index in [1.165, 1.54) is 6.42 Å². The van der Waals surface area contributed by atoms with E-state index in [-0.39, 0.29) is 0 Å². The highest BCUT2D eigenvalue weighted by molar-refractivity contribution is 9.10. The van der Waals surface area contributed by atoms with E-state index in [0.29, 0.717) is 11.7 Å². The molecule has 0 saturated heterocycles. The van der Waals surface area contributed by atoms with Crippen LogP contribution in [0.15, 0.2) is 21.2 Å². The Morgan fingerprint density at radius 2 is 2.43 bits per heavy atom. The maximum atomic E-state index is 10.5. The SMILES string of the molecule is CC1CCCC(O)(c2occc2Br)C1. The van der Waals surface area contributed by atoms with Crippen molar-refractivity contribution in [3.63, 3.8) is 0 Å². The third kappa shape index (κ3) is 1.75. The van der Waals surface area contributed by atoms with Gasteiger partial charge >= 0.3 is 0 Å². The molecule has 14 heavy (non-hydrogen) atoms. The van der Waals surface area contributed by atoms with Gasteiger partial charge in [-0.15, -0.1) is 0 Å². The molecule has 2 nitrogen and oxygen atoms in total. The summed E-state index contributed by atoms with van der Waals surface area (Å²) in [6.07, 6.45) is 5.52. The molecule has 1 aromatic heterocycles. The number of furan rings is 1. The van der Waals surface area contributed by atoms with Gasteiger partial charge in [0, 0.05) is 0 Å². The molecule has 1 N–H and O–H groups in total. The van der Waals surface area contributed by atoms with Crippen molar-refractivity contribution in [2.75, 3.05) is 0 Å². The molecule has 0 aromatic carbocycles. The highest BCUT2D eigenvalue weighted by Gasteiger charge is 2.38. The van der Waals surface area contributed by atoms with Gasteiger partial charge in [0.15, 0.2) is 0 Å². The van der Waals surface area contributed by atoms with Crippen molar-refractivity contribution in [2.45, 2.75) is 38.2 Å². The fraction of sp³-hybridized carbons (Fsp3) is 0.636. The highest BCUT2D eigenvalue weighted by Crippen LogP contribution is 2.42. The van der Waals surface area contributed by atoms with Gasteiger partial charge in [-0.2, -0.15) is 0 Å². The second-order valence-corrected chi connectivity index (χ2v) is 5.19. The lowest BCUT2D eigenvalue weighted by Gasteiger charge is -2.34. The molecule has 1 saturated carbocycles. The van der Waals surface area contributed by atoms with Crippen LogP contribution in [0.2, 0.25) is 0 Å². The molecule has 78 valence electrons. The molecule has 0 aliphatic heterocycles. The van der Waals surface area contributed by atoms with Gasteiger partial charge in [-0.1, -0.05) is 13.3 Å². The molecule has 1 fully saturated rings. The zero-order valence-corrected chi connectivity index (χ0v) is 9.88. The van der Waals surface area contributed by atoms with Crippen molar-refractivity contribution in [3.8, 4) is 0 Å². The van der Waals surface area contributed by atoms with Gasteiger partial charge in [0.1, 0.15) is 11.4 Å². The van der Waals surface area contributed by atoms with E-state index in [1.54, 1.807) is 6.26 Å². The Balaban J connectivity index is 2.27. The summed E-state index contributed by atoms with van der Waals surface area (Å²) in [6, 6.07) is 1.84. The topological polar surface area (TPSA) is 33.4 Å². The molecule has 2 atom stereocenters. The van der Waals surface area contributed by atoms with Crippen molar-refractivity contribution >= 4 is 15.9 Å². The zero-order valence-electron chi connectivity index (χ0n) is 8.29. The lowest BCUT2D eigenvalue weighted by atomic mass is 9.77. The number of hydrogen-bond donors (Lipinski definition) is 1. The monoisotopic (exact) mass is 258 g/mol. The largest absolute Gasteiger partial charge is 0.465 e. The van der Waals surface area contributed by atoms with Crippen LogP contribution in [0.3, 0.4) is 0 Å². The second-order valence-electron chi connectivity index (χ2n) is 4.33. The Labute approximate surface area is 92.4 Å². The van der Waals surface area contributed by atoms with Crippen LogP contribution in [0, 0.1) is 5.92 Å². The molecule has 0 bridgehead atoms. The lowest BCUT2D eigenvalue weighted by Crippen LogP contribution is -2.31. The average Bonchev–Trinajstić information content (AvgIpc) is 2.51. The fourth-order valence-electron chi connectivity index (χ4n) is 2.36. The first kappa shape index (κ1) is 10.2. The first-order valence-electron chi connectivity index (χ1n) is 5.08. The van der Waals surface area contributed by atoms with E-state index in [9.17, 15) is 5.11 Å². The van der Waals surface area contributed by atoms with Crippen molar-refractivity contribution in [2.24, 2.45) is 5.92 Å². The Morgan fingerprint density at radius 3 is 3.00 bits per heavy atom. The van der Waals surface area contributed by atoms with Crippen molar-refractivity contribution in [1.82, 2.24) is 0 Å². The normalized spacial score (nSPS) is 33.2. The van der Waals surface area contributed by atoms with Gasteiger partial charge < -0.3 is 9.52 Å². The summed E-state index contributed by atoms with van der Waals surface area (Å²) in [5.74, 6) is 1.27.